The van der Waals surface area contributed by atoms with Crippen LogP contribution in [0.2, 0.25) is 0 Å². The smallest absolute Gasteiger partial charge is 0.345 e. The van der Waals surface area contributed by atoms with E-state index in [4.69, 9.17) is 0 Å². The van der Waals surface area contributed by atoms with Gasteiger partial charge in [-0.15, -0.1) is 11.8 Å². The van der Waals surface area contributed by atoms with Gasteiger partial charge in [-0.2, -0.15) is 0 Å². The number of carbonyl (C=O) groups excluding carboxylic acids is 1. The van der Waals surface area contributed by atoms with Gasteiger partial charge in [0.05, 0.1) is 7.11 Å². The Morgan fingerprint density at radius 3 is 2.53 bits per heavy atom. The Morgan fingerprint density at radius 2 is 2.00 bits per heavy atom. The lowest BCUT2D eigenvalue weighted by Gasteiger charge is -2.03. The van der Waals surface area contributed by atoms with Crippen molar-refractivity contribution in [2.45, 2.75) is 4.90 Å². The molecule has 0 fully saturated rings. The summed E-state index contributed by atoms with van der Waals surface area (Å²) in [5.74, 6) is -0.275. The summed E-state index contributed by atoms with van der Waals surface area (Å²) in [5, 5.41) is 0. The summed E-state index contributed by atoms with van der Waals surface area (Å²) in [6, 6.07) is 7.60. The van der Waals surface area contributed by atoms with Crippen LogP contribution >= 0.6 is 11.8 Å². The lowest BCUT2D eigenvalue weighted by atomic mass is 10.2. The zero-order chi connectivity index (χ0) is 13.8. The summed E-state index contributed by atoms with van der Waals surface area (Å²) in [4.78, 5) is 30.8. The normalized spacial score (nSPS) is 10.2. The van der Waals surface area contributed by atoms with Gasteiger partial charge in [0.15, 0.2) is 0 Å². The molecule has 98 valence electrons. The van der Waals surface area contributed by atoms with Crippen molar-refractivity contribution in [1.82, 2.24) is 9.97 Å². The highest BCUT2D eigenvalue weighted by molar-refractivity contribution is 7.98. The van der Waals surface area contributed by atoms with Gasteiger partial charge in [-0.1, -0.05) is 12.1 Å². The van der Waals surface area contributed by atoms with Crippen molar-refractivity contribution < 1.29 is 9.53 Å². The van der Waals surface area contributed by atoms with E-state index in [-0.39, 0.29) is 5.56 Å². The van der Waals surface area contributed by atoms with Crippen molar-refractivity contribution in [2.24, 2.45) is 0 Å². The first kappa shape index (κ1) is 13.4. The number of nitrogens with zero attached hydrogens (tertiary/aromatic N) is 1. The van der Waals surface area contributed by atoms with Crippen LogP contribution in [0.5, 0.6) is 0 Å². The summed E-state index contributed by atoms with van der Waals surface area (Å²) in [6.45, 7) is 0. The van der Waals surface area contributed by atoms with Crippen LogP contribution in [0.3, 0.4) is 0 Å². The largest absolute Gasteiger partial charge is 0.465 e. The number of H-pyrrole nitrogens is 1. The number of esters is 1. The molecule has 0 saturated heterocycles. The molecule has 2 aromatic rings. The van der Waals surface area contributed by atoms with Crippen LogP contribution in [0.25, 0.3) is 11.4 Å². The third-order valence-corrected chi connectivity index (χ3v) is 3.31. The Morgan fingerprint density at radius 1 is 1.32 bits per heavy atom. The molecular weight excluding hydrogens is 264 g/mol. The van der Waals surface area contributed by atoms with Gasteiger partial charge in [0.1, 0.15) is 11.4 Å². The van der Waals surface area contributed by atoms with Gasteiger partial charge in [-0.05, 0) is 18.4 Å². The summed E-state index contributed by atoms with van der Waals surface area (Å²) in [5.41, 5.74) is 0.170. The number of rotatable bonds is 3. The number of carbonyl (C=O) groups is 1. The first-order valence-corrected chi connectivity index (χ1v) is 6.70. The standard InChI is InChI=1S/C13H12N2O3S/c1-18-13(17)10-7-14-11(15-12(10)16)8-3-5-9(19-2)6-4-8/h3-7H,1-2H3,(H,14,15,16). The van der Waals surface area contributed by atoms with E-state index >= 15 is 0 Å². The van der Waals surface area contributed by atoms with E-state index in [9.17, 15) is 9.59 Å². The van der Waals surface area contributed by atoms with E-state index in [0.717, 1.165) is 10.5 Å². The fourth-order valence-corrected chi connectivity index (χ4v) is 1.95. The highest BCUT2D eigenvalue weighted by atomic mass is 32.2. The van der Waals surface area contributed by atoms with Gasteiger partial charge in [0.2, 0.25) is 0 Å². The molecule has 0 atom stereocenters. The topological polar surface area (TPSA) is 72.0 Å². The van der Waals surface area contributed by atoms with Crippen LogP contribution in [0.4, 0.5) is 0 Å². The second-order valence-corrected chi connectivity index (χ2v) is 4.57. The van der Waals surface area contributed by atoms with Gasteiger partial charge in [-0.3, -0.25) is 4.79 Å². The number of hydrogen-bond acceptors (Lipinski definition) is 5. The average molecular weight is 276 g/mol. The van der Waals surface area contributed by atoms with E-state index in [1.54, 1.807) is 11.8 Å². The Bertz CT molecular complexity index is 650. The van der Waals surface area contributed by atoms with E-state index in [2.05, 4.69) is 14.7 Å². The molecule has 2 rings (SSSR count). The number of nitrogens with one attached hydrogen (secondary N) is 1. The van der Waals surface area contributed by atoms with E-state index < -0.39 is 11.5 Å². The summed E-state index contributed by atoms with van der Waals surface area (Å²) in [7, 11) is 1.22. The highest BCUT2D eigenvalue weighted by Gasteiger charge is 2.12. The second-order valence-electron chi connectivity index (χ2n) is 3.69. The number of ether oxygens (including phenoxy) is 1. The third kappa shape index (κ3) is 2.85. The molecule has 0 saturated carbocycles. The molecule has 1 heterocycles. The quantitative estimate of drug-likeness (QED) is 0.685. The Hall–Kier alpha value is -2.08. The molecular formula is C13H12N2O3S. The van der Waals surface area contributed by atoms with Crippen LogP contribution in [-0.2, 0) is 4.74 Å². The maximum Gasteiger partial charge on any atom is 0.345 e. The molecule has 0 radical (unpaired) electrons. The van der Waals surface area contributed by atoms with Gasteiger partial charge in [-0.25, -0.2) is 9.78 Å². The SMILES string of the molecule is COC(=O)c1cnc(-c2ccc(SC)cc2)[nH]c1=O. The number of methoxy groups -OCH3 is 1. The highest BCUT2D eigenvalue weighted by Crippen LogP contribution is 2.19. The van der Waals surface area contributed by atoms with E-state index in [1.807, 2.05) is 30.5 Å². The molecule has 0 amide bonds. The van der Waals surface area contributed by atoms with Crippen molar-refractivity contribution in [3.8, 4) is 11.4 Å². The third-order valence-electron chi connectivity index (χ3n) is 2.57. The molecule has 19 heavy (non-hydrogen) atoms. The number of aromatic amines is 1. The predicted molar refractivity (Wildman–Crippen MR) is 73.4 cm³/mol. The number of benzene rings is 1. The Balaban J connectivity index is 2.38. The van der Waals surface area contributed by atoms with Gasteiger partial charge in [0, 0.05) is 16.7 Å². The minimum absolute atomic E-state index is 0.105. The molecule has 0 aliphatic carbocycles. The zero-order valence-electron chi connectivity index (χ0n) is 10.5. The lowest BCUT2D eigenvalue weighted by Crippen LogP contribution is -2.20. The average Bonchev–Trinajstić information content (AvgIpc) is 2.46. The molecule has 6 heteroatoms. The van der Waals surface area contributed by atoms with Crippen LogP contribution in [-0.4, -0.2) is 29.3 Å². The van der Waals surface area contributed by atoms with Crippen molar-refractivity contribution in [3.05, 3.63) is 46.4 Å². The van der Waals surface area contributed by atoms with Crippen LogP contribution in [0.15, 0.2) is 40.2 Å². The molecule has 5 nitrogen and oxygen atoms in total. The molecule has 0 aliphatic rings. The zero-order valence-corrected chi connectivity index (χ0v) is 11.3. The summed E-state index contributed by atoms with van der Waals surface area (Å²) in [6.07, 6.45) is 3.21. The Kier molecular flexibility index (Phi) is 4.01. The van der Waals surface area contributed by atoms with Crippen LogP contribution in [0.1, 0.15) is 10.4 Å². The van der Waals surface area contributed by atoms with Crippen molar-refractivity contribution in [1.29, 1.82) is 0 Å². The van der Waals surface area contributed by atoms with Crippen molar-refractivity contribution in [2.75, 3.05) is 13.4 Å². The monoisotopic (exact) mass is 276 g/mol. The second kappa shape index (κ2) is 5.71. The molecule has 1 aromatic heterocycles. The van der Waals surface area contributed by atoms with Gasteiger partial charge >= 0.3 is 5.97 Å². The molecule has 0 unspecified atom stereocenters. The van der Waals surface area contributed by atoms with Crippen molar-refractivity contribution >= 4 is 17.7 Å². The minimum Gasteiger partial charge on any atom is -0.465 e. The van der Waals surface area contributed by atoms with Gasteiger partial charge < -0.3 is 9.72 Å². The Labute approximate surface area is 114 Å². The fourth-order valence-electron chi connectivity index (χ4n) is 1.55. The summed E-state index contributed by atoms with van der Waals surface area (Å²) >= 11 is 1.63. The van der Waals surface area contributed by atoms with E-state index in [0.29, 0.717) is 5.82 Å². The summed E-state index contributed by atoms with van der Waals surface area (Å²) < 4.78 is 4.49. The van der Waals surface area contributed by atoms with Crippen LogP contribution < -0.4 is 5.56 Å². The maximum atomic E-state index is 11.7. The molecule has 0 aliphatic heterocycles. The predicted octanol–water partition coefficient (Wildman–Crippen LogP) is 1.95. The molecule has 1 aromatic carbocycles. The fraction of sp³-hybridized carbons (Fsp3) is 0.154. The van der Waals surface area contributed by atoms with E-state index in [1.165, 1.54) is 13.3 Å². The lowest BCUT2D eigenvalue weighted by molar-refractivity contribution is 0.0598. The van der Waals surface area contributed by atoms with Crippen molar-refractivity contribution in [3.63, 3.8) is 0 Å². The first-order chi connectivity index (χ1) is 9.15. The number of aromatic nitrogens is 2. The molecule has 0 bridgehead atoms. The van der Waals surface area contributed by atoms with Gasteiger partial charge in [0.25, 0.3) is 5.56 Å². The maximum absolute atomic E-state index is 11.7. The number of hydrogen-bond donors (Lipinski definition) is 1. The van der Waals surface area contributed by atoms with Crippen LogP contribution in [0, 0.1) is 0 Å². The minimum atomic E-state index is -0.696. The molecule has 0 spiro atoms. The molecule has 1 N–H and O–H groups in total. The number of thioether (sulfide) groups is 1. The first-order valence-electron chi connectivity index (χ1n) is 5.47.